The van der Waals surface area contributed by atoms with Crippen molar-refractivity contribution in [2.45, 2.75) is 20.0 Å². The molecule has 4 amide bonds. The maximum Gasteiger partial charge on any atom is 0.327 e. The fraction of sp³-hybridized carbons (Fsp3) is 0.375. The number of nitrogens with zero attached hydrogens (tertiary/aromatic N) is 2. The minimum atomic E-state index is -1.05. The van der Waals surface area contributed by atoms with Crippen molar-refractivity contribution >= 4 is 29.5 Å². The number of benzene rings is 1. The Hall–Kier alpha value is -2.90. The van der Waals surface area contributed by atoms with E-state index in [1.165, 1.54) is 18.9 Å². The second-order valence-corrected chi connectivity index (χ2v) is 5.61. The number of anilines is 1. The summed E-state index contributed by atoms with van der Waals surface area (Å²) in [6, 6.07) is 6.59. The number of hydrogen-bond donors (Lipinski definition) is 1. The van der Waals surface area contributed by atoms with E-state index in [1.807, 2.05) is 19.1 Å². The van der Waals surface area contributed by atoms with Crippen LogP contribution in [0.15, 0.2) is 24.3 Å². The van der Waals surface area contributed by atoms with E-state index >= 15 is 0 Å². The van der Waals surface area contributed by atoms with Crippen LogP contribution in [0.3, 0.4) is 0 Å². The predicted octanol–water partition coefficient (Wildman–Crippen LogP) is 0.759. The number of rotatable bonds is 5. The normalized spacial score (nSPS) is 15.5. The number of likely N-dealkylation sites (N-methyl/N-ethyl adjacent to an activating group) is 1. The van der Waals surface area contributed by atoms with Crippen LogP contribution in [0.25, 0.3) is 0 Å². The molecule has 0 saturated carbocycles. The van der Waals surface area contributed by atoms with E-state index < -0.39 is 36.5 Å². The summed E-state index contributed by atoms with van der Waals surface area (Å²) >= 11 is 0. The molecule has 1 heterocycles. The first-order valence-corrected chi connectivity index (χ1v) is 7.40. The number of ether oxygens (including phenoxy) is 1. The van der Waals surface area contributed by atoms with Crippen LogP contribution in [0.1, 0.15) is 12.5 Å². The predicted molar refractivity (Wildman–Crippen MR) is 85.1 cm³/mol. The Morgan fingerprint density at radius 2 is 1.88 bits per heavy atom. The molecule has 1 N–H and O–H groups in total. The van der Waals surface area contributed by atoms with E-state index in [0.717, 1.165) is 10.5 Å². The third-order valence-corrected chi connectivity index (χ3v) is 3.51. The molecule has 1 saturated heterocycles. The number of carbonyl (C=O) groups excluding carboxylic acids is 4. The summed E-state index contributed by atoms with van der Waals surface area (Å²) < 4.78 is 4.99. The van der Waals surface area contributed by atoms with Crippen LogP contribution in [-0.4, -0.2) is 59.9 Å². The maximum atomic E-state index is 12.0. The van der Waals surface area contributed by atoms with Crippen molar-refractivity contribution in [2.24, 2.45) is 0 Å². The van der Waals surface area contributed by atoms with Crippen LogP contribution in [0.2, 0.25) is 0 Å². The molecule has 8 nitrogen and oxygen atoms in total. The quantitative estimate of drug-likeness (QED) is 0.634. The zero-order chi connectivity index (χ0) is 17.9. The van der Waals surface area contributed by atoms with Gasteiger partial charge in [-0.1, -0.05) is 17.7 Å². The third-order valence-electron chi connectivity index (χ3n) is 3.51. The fourth-order valence-corrected chi connectivity index (χ4v) is 2.12. The van der Waals surface area contributed by atoms with Crippen LogP contribution in [0, 0.1) is 6.92 Å². The highest BCUT2D eigenvalue weighted by atomic mass is 16.5. The Balaban J connectivity index is 1.86. The molecular formula is C16H19N3O5. The van der Waals surface area contributed by atoms with Crippen molar-refractivity contribution in [3.8, 4) is 0 Å². The zero-order valence-electron chi connectivity index (χ0n) is 13.7. The van der Waals surface area contributed by atoms with Crippen molar-refractivity contribution in [3.63, 3.8) is 0 Å². The van der Waals surface area contributed by atoms with Gasteiger partial charge in [-0.05, 0) is 26.0 Å². The van der Waals surface area contributed by atoms with Gasteiger partial charge in [-0.25, -0.2) is 4.79 Å². The van der Waals surface area contributed by atoms with Gasteiger partial charge >= 0.3 is 12.0 Å². The van der Waals surface area contributed by atoms with Gasteiger partial charge in [-0.2, -0.15) is 0 Å². The van der Waals surface area contributed by atoms with Gasteiger partial charge in [-0.3, -0.25) is 19.3 Å². The van der Waals surface area contributed by atoms with Gasteiger partial charge in [0.05, 0.1) is 0 Å². The fourth-order valence-electron chi connectivity index (χ4n) is 2.12. The number of carbonyl (C=O) groups is 4. The van der Waals surface area contributed by atoms with E-state index in [0.29, 0.717) is 5.69 Å². The molecule has 0 unspecified atom stereocenters. The highest BCUT2D eigenvalue weighted by Gasteiger charge is 2.35. The molecular weight excluding hydrogens is 314 g/mol. The average molecular weight is 333 g/mol. The van der Waals surface area contributed by atoms with Crippen molar-refractivity contribution in [1.29, 1.82) is 0 Å². The summed E-state index contributed by atoms with van der Waals surface area (Å²) in [7, 11) is 1.46. The lowest BCUT2D eigenvalue weighted by Gasteiger charge is -2.16. The molecule has 0 bridgehead atoms. The molecule has 1 aromatic rings. The second kappa shape index (κ2) is 7.12. The molecule has 0 spiro atoms. The van der Waals surface area contributed by atoms with Crippen molar-refractivity contribution in [2.75, 3.05) is 25.5 Å². The first-order chi connectivity index (χ1) is 11.3. The molecule has 1 atom stereocenters. The number of amides is 4. The largest absolute Gasteiger partial charge is 0.451 e. The second-order valence-electron chi connectivity index (χ2n) is 5.61. The molecule has 8 heteroatoms. The summed E-state index contributed by atoms with van der Waals surface area (Å²) in [6.07, 6.45) is -1.05. The van der Waals surface area contributed by atoms with E-state index in [-0.39, 0.29) is 6.54 Å². The van der Waals surface area contributed by atoms with Gasteiger partial charge in [0.15, 0.2) is 6.10 Å². The molecule has 2 rings (SSSR count). The Kier molecular flexibility index (Phi) is 5.18. The average Bonchev–Trinajstić information content (AvgIpc) is 2.76. The van der Waals surface area contributed by atoms with Gasteiger partial charge in [0, 0.05) is 12.7 Å². The van der Waals surface area contributed by atoms with Gasteiger partial charge in [-0.15, -0.1) is 0 Å². The number of hydrogen-bond acceptors (Lipinski definition) is 5. The molecule has 0 aliphatic carbocycles. The lowest BCUT2D eigenvalue weighted by atomic mass is 10.2. The van der Waals surface area contributed by atoms with Crippen LogP contribution in [0.4, 0.5) is 10.5 Å². The summed E-state index contributed by atoms with van der Waals surface area (Å²) in [5, 5.41) is 2.62. The SMILES string of the molecule is Cc1ccc(NC(=O)[C@H](C)OC(=O)CN2C(=O)CN(C)C2=O)cc1. The zero-order valence-corrected chi connectivity index (χ0v) is 13.7. The summed E-state index contributed by atoms with van der Waals surface area (Å²) in [5.41, 5.74) is 1.64. The summed E-state index contributed by atoms with van der Waals surface area (Å²) in [4.78, 5) is 49.1. The lowest BCUT2D eigenvalue weighted by Crippen LogP contribution is -2.39. The third kappa shape index (κ3) is 4.09. The minimum Gasteiger partial charge on any atom is -0.451 e. The van der Waals surface area contributed by atoms with Crippen LogP contribution < -0.4 is 5.32 Å². The topological polar surface area (TPSA) is 96.0 Å². The first-order valence-electron chi connectivity index (χ1n) is 7.40. The van der Waals surface area contributed by atoms with E-state index in [2.05, 4.69) is 5.32 Å². The Labute approximate surface area is 139 Å². The first kappa shape index (κ1) is 17.5. The Morgan fingerprint density at radius 3 is 2.42 bits per heavy atom. The van der Waals surface area contributed by atoms with Crippen molar-refractivity contribution in [1.82, 2.24) is 9.80 Å². The Bertz CT molecular complexity index is 671. The summed E-state index contributed by atoms with van der Waals surface area (Å²) in [5.74, 6) is -1.79. The Morgan fingerprint density at radius 1 is 1.25 bits per heavy atom. The van der Waals surface area contributed by atoms with Gasteiger partial charge in [0.2, 0.25) is 0 Å². The summed E-state index contributed by atoms with van der Waals surface area (Å²) in [6.45, 7) is 2.76. The van der Waals surface area contributed by atoms with Gasteiger partial charge in [0.1, 0.15) is 13.1 Å². The minimum absolute atomic E-state index is 0.0738. The molecule has 24 heavy (non-hydrogen) atoms. The van der Waals surface area contributed by atoms with Gasteiger partial charge < -0.3 is 15.0 Å². The highest BCUT2D eigenvalue weighted by Crippen LogP contribution is 2.11. The number of urea groups is 1. The highest BCUT2D eigenvalue weighted by molar-refractivity contribution is 6.04. The maximum absolute atomic E-state index is 12.0. The lowest BCUT2D eigenvalue weighted by molar-refractivity contribution is -0.154. The van der Waals surface area contributed by atoms with E-state index in [1.54, 1.807) is 12.1 Å². The van der Waals surface area contributed by atoms with Crippen LogP contribution >= 0.6 is 0 Å². The van der Waals surface area contributed by atoms with E-state index in [4.69, 9.17) is 4.74 Å². The number of nitrogens with one attached hydrogen (secondary N) is 1. The molecule has 1 aromatic carbocycles. The molecule has 128 valence electrons. The van der Waals surface area contributed by atoms with Crippen molar-refractivity contribution < 1.29 is 23.9 Å². The smallest absolute Gasteiger partial charge is 0.327 e. The van der Waals surface area contributed by atoms with Crippen LogP contribution in [-0.2, 0) is 19.1 Å². The molecule has 1 fully saturated rings. The standard InChI is InChI=1S/C16H19N3O5/c1-10-4-6-12(7-5-10)17-15(22)11(2)24-14(21)9-19-13(20)8-18(3)16(19)23/h4-7,11H,8-9H2,1-3H3,(H,17,22)/t11-/m0/s1. The molecule has 0 radical (unpaired) electrons. The number of esters is 1. The monoisotopic (exact) mass is 333 g/mol. The molecule has 1 aliphatic heterocycles. The van der Waals surface area contributed by atoms with E-state index in [9.17, 15) is 19.2 Å². The van der Waals surface area contributed by atoms with Gasteiger partial charge in [0.25, 0.3) is 11.8 Å². The van der Waals surface area contributed by atoms with Crippen molar-refractivity contribution in [3.05, 3.63) is 29.8 Å². The molecule has 1 aliphatic rings. The number of imide groups is 1. The molecule has 0 aromatic heterocycles. The number of aryl methyl sites for hydroxylation is 1. The van der Waals surface area contributed by atoms with Crippen LogP contribution in [0.5, 0.6) is 0 Å².